The minimum absolute atomic E-state index is 0.0191. The maximum absolute atomic E-state index is 12.2. The fraction of sp³-hybridized carbons (Fsp3) is 0.846. The van der Waals surface area contributed by atoms with Crippen molar-refractivity contribution in [2.24, 2.45) is 17.3 Å². The van der Waals surface area contributed by atoms with Crippen molar-refractivity contribution < 1.29 is 40.5 Å². The van der Waals surface area contributed by atoms with E-state index in [-0.39, 0.29) is 54.8 Å². The molecule has 2 saturated heterocycles. The summed E-state index contributed by atoms with van der Waals surface area (Å²) in [5, 5.41) is 0. The third-order valence-corrected chi connectivity index (χ3v) is 9.80. The summed E-state index contributed by atoms with van der Waals surface area (Å²) in [5.74, 6) is 0.574. The van der Waals surface area contributed by atoms with Crippen LogP contribution in [0.3, 0.4) is 0 Å². The summed E-state index contributed by atoms with van der Waals surface area (Å²) in [4.78, 5) is 24.3. The van der Waals surface area contributed by atoms with Crippen LogP contribution in [0.4, 0.5) is 0 Å². The number of esters is 2. The first-order valence-corrected chi connectivity index (χ1v) is 10.6. The first-order valence-electron chi connectivity index (χ1n) is 7.00. The predicted molar refractivity (Wildman–Crippen MR) is 73.5 cm³/mol. The molecule has 6 unspecified atom stereocenters. The number of alkyl halides is 2. The average molecular weight is 504 g/mol. The molecular weight excluding hydrogens is 488 g/mol. The van der Waals surface area contributed by atoms with Crippen molar-refractivity contribution in [3.63, 3.8) is 0 Å². The Bertz CT molecular complexity index is 469. The maximum atomic E-state index is 12.2. The molecule has 2 saturated carbocycles. The van der Waals surface area contributed by atoms with E-state index in [0.29, 0.717) is 16.6 Å². The van der Waals surface area contributed by atoms with Gasteiger partial charge in [-0.2, -0.15) is 0 Å². The van der Waals surface area contributed by atoms with Gasteiger partial charge in [-0.05, 0) is 0 Å². The van der Waals surface area contributed by atoms with Crippen molar-refractivity contribution in [2.75, 3.05) is 6.61 Å². The van der Waals surface area contributed by atoms with Gasteiger partial charge >= 0.3 is 142 Å². The molecule has 2 aliphatic carbocycles. The van der Waals surface area contributed by atoms with Gasteiger partial charge in [0.15, 0.2) is 0 Å². The zero-order valence-electron chi connectivity index (χ0n) is 10.8. The Morgan fingerprint density at radius 2 is 2.35 bits per heavy atom. The number of carbonyl (C=O) groups is 2. The monoisotopic (exact) mass is 504 g/mol. The molecule has 20 heavy (non-hydrogen) atoms. The number of nitrogens with one attached hydrogen (secondary N) is 1. The Morgan fingerprint density at radius 1 is 1.55 bits per heavy atom. The van der Waals surface area contributed by atoms with Gasteiger partial charge in [-0.25, -0.2) is 0 Å². The Hall–Kier alpha value is 0.360. The second-order valence-electron chi connectivity index (χ2n) is 6.19. The van der Waals surface area contributed by atoms with E-state index in [1.807, 2.05) is 0 Å². The number of ether oxygens (including phenoxy) is 2. The molecule has 4 aliphatic rings. The van der Waals surface area contributed by atoms with Gasteiger partial charge in [-0.15, -0.1) is 0 Å². The van der Waals surface area contributed by atoms with Crippen molar-refractivity contribution >= 4 is 34.5 Å². The second kappa shape index (κ2) is 4.94. The van der Waals surface area contributed by atoms with Gasteiger partial charge < -0.3 is 0 Å². The Kier molecular flexibility index (Phi) is 3.45. The molecule has 1 N–H and O–H groups in total. The van der Waals surface area contributed by atoms with Crippen molar-refractivity contribution in [1.29, 1.82) is 0 Å². The van der Waals surface area contributed by atoms with E-state index >= 15 is 0 Å². The van der Waals surface area contributed by atoms with Crippen LogP contribution in [-0.2, 0) is 19.1 Å². The molecular formula is C13H16I2NO4-. The summed E-state index contributed by atoms with van der Waals surface area (Å²) < 4.78 is 14.5. The van der Waals surface area contributed by atoms with Crippen molar-refractivity contribution in [2.45, 2.75) is 39.8 Å². The normalized spacial score (nSPS) is 47.0. The first kappa shape index (κ1) is 14.0. The van der Waals surface area contributed by atoms with Crippen LogP contribution in [-0.4, -0.2) is 32.6 Å². The average Bonchev–Trinajstić information content (AvgIpc) is 3.00. The molecule has 2 heterocycles. The molecule has 0 aromatic heterocycles. The Morgan fingerprint density at radius 3 is 2.95 bits per heavy atom. The molecule has 0 amide bonds. The van der Waals surface area contributed by atoms with E-state index in [2.05, 4.69) is 26.1 Å². The van der Waals surface area contributed by atoms with Crippen molar-refractivity contribution in [3.8, 4) is 0 Å². The molecule has 2 aliphatic heterocycles. The number of fused-ring (bicyclic) bond motifs is 3. The summed E-state index contributed by atoms with van der Waals surface area (Å²) in [6, 6.07) is 0. The number of rotatable bonds is 3. The minimum atomic E-state index is -0.334. The molecule has 112 valence electrons. The fourth-order valence-electron chi connectivity index (χ4n) is 4.22. The van der Waals surface area contributed by atoms with E-state index < -0.39 is 0 Å². The number of halogens is 2. The zero-order chi connectivity index (χ0) is 13.9. The predicted octanol–water partition coefficient (Wildman–Crippen LogP) is -2.00. The fourth-order valence-corrected chi connectivity index (χ4v) is 7.32. The van der Waals surface area contributed by atoms with Crippen LogP contribution in [0.5, 0.6) is 0 Å². The van der Waals surface area contributed by atoms with Crippen LogP contribution in [0.15, 0.2) is 0 Å². The zero-order valence-corrected chi connectivity index (χ0v) is 15.1. The first-order chi connectivity index (χ1) is 9.60. The van der Waals surface area contributed by atoms with Crippen LogP contribution in [0.1, 0.15) is 25.7 Å². The van der Waals surface area contributed by atoms with Gasteiger partial charge in [0.25, 0.3) is 0 Å². The molecule has 4 fully saturated rings. The van der Waals surface area contributed by atoms with E-state index in [1.54, 1.807) is 0 Å². The quantitative estimate of drug-likeness (QED) is 0.120. The summed E-state index contributed by atoms with van der Waals surface area (Å²) in [6.45, 7) is 0.536. The number of hydrogen-bond acceptors (Lipinski definition) is 5. The van der Waals surface area contributed by atoms with Crippen LogP contribution in [0, 0.1) is 17.3 Å². The van der Waals surface area contributed by atoms with Crippen molar-refractivity contribution in [3.05, 3.63) is 0 Å². The SMILES string of the molecule is O=C(OC1CC2CC1C1(CCOC1=O)C2)C(I)C1N[I-]1. The van der Waals surface area contributed by atoms with Gasteiger partial charge in [-0.3, -0.25) is 0 Å². The number of carbonyl (C=O) groups excluding carboxylic acids is 2. The van der Waals surface area contributed by atoms with Crippen LogP contribution in [0.2, 0.25) is 0 Å². The molecule has 1 spiro atoms. The molecule has 0 aromatic rings. The Balaban J connectivity index is 1.47. The number of hydrogen-bond donors (Lipinski definition) is 1. The van der Waals surface area contributed by atoms with Gasteiger partial charge in [0.1, 0.15) is 0 Å². The molecule has 0 aromatic carbocycles. The van der Waals surface area contributed by atoms with E-state index in [9.17, 15) is 9.59 Å². The Labute approximate surface area is 141 Å². The molecule has 6 atom stereocenters. The summed E-state index contributed by atoms with van der Waals surface area (Å²) in [5.41, 5.74) is -0.334. The van der Waals surface area contributed by atoms with E-state index in [0.717, 1.165) is 25.7 Å². The topological polar surface area (TPSA) is 74.5 Å². The third-order valence-electron chi connectivity index (χ3n) is 5.14. The second-order valence-corrected chi connectivity index (χ2v) is 10.1. The molecule has 4 rings (SSSR count). The van der Waals surface area contributed by atoms with Gasteiger partial charge in [-0.1, -0.05) is 0 Å². The van der Waals surface area contributed by atoms with Crippen LogP contribution < -0.4 is 25.0 Å². The summed E-state index contributed by atoms with van der Waals surface area (Å²) >= 11 is 2.20. The van der Waals surface area contributed by atoms with Gasteiger partial charge in [0.05, 0.1) is 0 Å². The van der Waals surface area contributed by atoms with E-state index in [1.165, 1.54) is 0 Å². The van der Waals surface area contributed by atoms with Crippen LogP contribution in [0.25, 0.3) is 0 Å². The van der Waals surface area contributed by atoms with Gasteiger partial charge in [0, 0.05) is 0 Å². The molecule has 5 nitrogen and oxygen atoms in total. The standard InChI is InChI=1S/C13H16I2NO4/c14-9(10-15-16-10)11(17)20-8-4-6-3-7(8)13(5-6)1-2-19-12(13)18/h6-10,16H,1-5H2/q-1. The summed E-state index contributed by atoms with van der Waals surface area (Å²) in [7, 11) is 0. The molecule has 0 radical (unpaired) electrons. The van der Waals surface area contributed by atoms with Crippen LogP contribution >= 0.6 is 22.6 Å². The van der Waals surface area contributed by atoms with Crippen molar-refractivity contribution in [1.82, 2.24) is 3.53 Å². The third kappa shape index (κ3) is 2.10. The molecule has 7 heteroatoms. The molecule has 2 bridgehead atoms. The number of cyclic esters (lactones) is 1. The van der Waals surface area contributed by atoms with Gasteiger partial charge in [0.2, 0.25) is 0 Å². The summed E-state index contributed by atoms with van der Waals surface area (Å²) in [6.07, 6.45) is 3.63. The van der Waals surface area contributed by atoms with E-state index in [4.69, 9.17) is 9.47 Å².